The molecule has 2 aromatic rings. The SMILES string of the molecule is Cc1ccc(-c2csc(C3CNCCO3)n2)cc1. The van der Waals surface area contributed by atoms with E-state index in [0.29, 0.717) is 0 Å². The van der Waals surface area contributed by atoms with Crippen molar-refractivity contribution in [2.75, 3.05) is 19.7 Å². The van der Waals surface area contributed by atoms with E-state index >= 15 is 0 Å². The lowest BCUT2D eigenvalue weighted by Gasteiger charge is -2.21. The first-order valence-electron chi connectivity index (χ1n) is 6.18. The lowest BCUT2D eigenvalue weighted by molar-refractivity contribution is 0.0276. The summed E-state index contributed by atoms with van der Waals surface area (Å²) in [5, 5.41) is 6.51. The first-order valence-corrected chi connectivity index (χ1v) is 7.06. The summed E-state index contributed by atoms with van der Waals surface area (Å²) in [6.45, 7) is 4.66. The molecule has 0 bridgehead atoms. The van der Waals surface area contributed by atoms with Crippen LogP contribution in [0.4, 0.5) is 0 Å². The Labute approximate surface area is 111 Å². The van der Waals surface area contributed by atoms with E-state index in [1.54, 1.807) is 11.3 Å². The van der Waals surface area contributed by atoms with Gasteiger partial charge < -0.3 is 10.1 Å². The summed E-state index contributed by atoms with van der Waals surface area (Å²) in [5.41, 5.74) is 3.49. The molecule has 1 fully saturated rings. The van der Waals surface area contributed by atoms with Crippen molar-refractivity contribution >= 4 is 11.3 Å². The third-order valence-electron chi connectivity index (χ3n) is 3.07. The minimum Gasteiger partial charge on any atom is -0.368 e. The van der Waals surface area contributed by atoms with Crippen molar-refractivity contribution in [3.63, 3.8) is 0 Å². The van der Waals surface area contributed by atoms with Gasteiger partial charge in [-0.25, -0.2) is 4.98 Å². The zero-order valence-corrected chi connectivity index (χ0v) is 11.2. The second-order valence-electron chi connectivity index (χ2n) is 4.50. The fraction of sp³-hybridized carbons (Fsp3) is 0.357. The summed E-state index contributed by atoms with van der Waals surface area (Å²) < 4.78 is 5.72. The van der Waals surface area contributed by atoms with Crippen LogP contribution in [0.3, 0.4) is 0 Å². The molecular formula is C14H16N2OS. The topological polar surface area (TPSA) is 34.1 Å². The highest BCUT2D eigenvalue weighted by Gasteiger charge is 2.19. The minimum atomic E-state index is 0.114. The largest absolute Gasteiger partial charge is 0.368 e. The summed E-state index contributed by atoms with van der Waals surface area (Å²) in [6, 6.07) is 8.47. The Balaban J connectivity index is 1.82. The molecule has 94 valence electrons. The van der Waals surface area contributed by atoms with Gasteiger partial charge in [0.05, 0.1) is 12.3 Å². The van der Waals surface area contributed by atoms with Crippen LogP contribution in [0.15, 0.2) is 29.6 Å². The van der Waals surface area contributed by atoms with E-state index in [0.717, 1.165) is 30.4 Å². The third-order valence-corrected chi connectivity index (χ3v) is 4.01. The molecule has 1 aliphatic rings. The van der Waals surface area contributed by atoms with E-state index in [2.05, 4.69) is 46.9 Å². The molecule has 18 heavy (non-hydrogen) atoms. The number of rotatable bonds is 2. The number of ether oxygens (including phenoxy) is 1. The predicted molar refractivity (Wildman–Crippen MR) is 73.8 cm³/mol. The van der Waals surface area contributed by atoms with Crippen LogP contribution in [0, 0.1) is 6.92 Å². The summed E-state index contributed by atoms with van der Waals surface area (Å²) in [5.74, 6) is 0. The summed E-state index contributed by atoms with van der Waals surface area (Å²) >= 11 is 1.68. The van der Waals surface area contributed by atoms with Crippen LogP contribution < -0.4 is 5.32 Å². The van der Waals surface area contributed by atoms with Gasteiger partial charge in [-0.15, -0.1) is 11.3 Å². The summed E-state index contributed by atoms with van der Waals surface area (Å²) in [6.07, 6.45) is 0.114. The Hall–Kier alpha value is -1.23. The van der Waals surface area contributed by atoms with E-state index in [1.165, 1.54) is 11.1 Å². The predicted octanol–water partition coefficient (Wildman–Crippen LogP) is 2.78. The summed E-state index contributed by atoms with van der Waals surface area (Å²) in [7, 11) is 0. The maximum Gasteiger partial charge on any atom is 0.124 e. The molecule has 2 heterocycles. The van der Waals surface area contributed by atoms with E-state index in [9.17, 15) is 0 Å². The highest BCUT2D eigenvalue weighted by Crippen LogP contribution is 2.27. The molecule has 1 saturated heterocycles. The zero-order valence-electron chi connectivity index (χ0n) is 10.3. The quantitative estimate of drug-likeness (QED) is 0.901. The molecule has 3 nitrogen and oxygen atoms in total. The Morgan fingerprint density at radius 2 is 2.17 bits per heavy atom. The maximum atomic E-state index is 5.72. The third kappa shape index (κ3) is 2.46. The number of morpholine rings is 1. The molecule has 1 aromatic carbocycles. The molecule has 3 rings (SSSR count). The number of thiazole rings is 1. The fourth-order valence-corrected chi connectivity index (χ4v) is 2.89. The normalized spacial score (nSPS) is 19.9. The molecule has 1 aliphatic heterocycles. The molecule has 0 aliphatic carbocycles. The van der Waals surface area contributed by atoms with Crippen molar-refractivity contribution in [2.24, 2.45) is 0 Å². The average Bonchev–Trinajstić information content (AvgIpc) is 2.90. The monoisotopic (exact) mass is 260 g/mol. The molecule has 0 spiro atoms. The lowest BCUT2D eigenvalue weighted by Crippen LogP contribution is -2.33. The number of nitrogens with one attached hydrogen (secondary N) is 1. The van der Waals surface area contributed by atoms with E-state index in [-0.39, 0.29) is 6.10 Å². The molecule has 4 heteroatoms. The molecule has 1 N–H and O–H groups in total. The Kier molecular flexibility index (Phi) is 3.41. The van der Waals surface area contributed by atoms with E-state index in [1.807, 2.05) is 0 Å². The van der Waals surface area contributed by atoms with Crippen molar-refractivity contribution in [2.45, 2.75) is 13.0 Å². The molecule has 1 unspecified atom stereocenters. The van der Waals surface area contributed by atoms with Crippen molar-refractivity contribution < 1.29 is 4.74 Å². The van der Waals surface area contributed by atoms with E-state index in [4.69, 9.17) is 4.74 Å². The van der Waals surface area contributed by atoms with Crippen LogP contribution in [-0.2, 0) is 4.74 Å². The van der Waals surface area contributed by atoms with Crippen LogP contribution >= 0.6 is 11.3 Å². The number of hydrogen-bond acceptors (Lipinski definition) is 4. The highest BCUT2D eigenvalue weighted by molar-refractivity contribution is 7.10. The highest BCUT2D eigenvalue weighted by atomic mass is 32.1. The lowest BCUT2D eigenvalue weighted by atomic mass is 10.1. The van der Waals surface area contributed by atoms with Crippen molar-refractivity contribution in [1.82, 2.24) is 10.3 Å². The maximum absolute atomic E-state index is 5.72. The van der Waals surface area contributed by atoms with Crippen molar-refractivity contribution in [3.8, 4) is 11.3 Å². The first kappa shape index (κ1) is 11.8. The van der Waals surface area contributed by atoms with Gasteiger partial charge in [-0.1, -0.05) is 29.8 Å². The number of nitrogens with zero attached hydrogens (tertiary/aromatic N) is 1. The van der Waals surface area contributed by atoms with Gasteiger partial charge in [0.25, 0.3) is 0 Å². The van der Waals surface area contributed by atoms with Crippen LogP contribution in [0.5, 0.6) is 0 Å². The zero-order chi connectivity index (χ0) is 12.4. The second kappa shape index (κ2) is 5.18. The van der Waals surface area contributed by atoms with Gasteiger partial charge in [0, 0.05) is 24.0 Å². The average molecular weight is 260 g/mol. The van der Waals surface area contributed by atoms with Gasteiger partial charge in [0.2, 0.25) is 0 Å². The fourth-order valence-electron chi connectivity index (χ4n) is 2.02. The molecule has 0 amide bonds. The van der Waals surface area contributed by atoms with Gasteiger partial charge >= 0.3 is 0 Å². The van der Waals surface area contributed by atoms with Crippen molar-refractivity contribution in [1.29, 1.82) is 0 Å². The van der Waals surface area contributed by atoms with Gasteiger partial charge in [-0.05, 0) is 6.92 Å². The van der Waals surface area contributed by atoms with Gasteiger partial charge in [-0.2, -0.15) is 0 Å². The number of aromatic nitrogens is 1. The number of benzene rings is 1. The second-order valence-corrected chi connectivity index (χ2v) is 5.39. The smallest absolute Gasteiger partial charge is 0.124 e. The first-order chi connectivity index (χ1) is 8.83. The van der Waals surface area contributed by atoms with Crippen molar-refractivity contribution in [3.05, 3.63) is 40.2 Å². The molecule has 1 atom stereocenters. The van der Waals surface area contributed by atoms with E-state index < -0.39 is 0 Å². The molecule has 0 radical (unpaired) electrons. The number of aryl methyl sites for hydroxylation is 1. The Bertz CT molecular complexity index is 515. The minimum absolute atomic E-state index is 0.114. The molecule has 1 aromatic heterocycles. The van der Waals surface area contributed by atoms with Gasteiger partial charge in [-0.3, -0.25) is 0 Å². The molecular weight excluding hydrogens is 244 g/mol. The van der Waals surface area contributed by atoms with Crippen LogP contribution in [-0.4, -0.2) is 24.7 Å². The Morgan fingerprint density at radius 1 is 1.33 bits per heavy atom. The van der Waals surface area contributed by atoms with Crippen LogP contribution in [0.1, 0.15) is 16.7 Å². The standard InChI is InChI=1S/C14H16N2OS/c1-10-2-4-11(5-3-10)12-9-18-14(16-12)13-8-15-6-7-17-13/h2-5,9,13,15H,6-8H2,1H3. The van der Waals surface area contributed by atoms with Gasteiger partial charge in [0.1, 0.15) is 11.1 Å². The Morgan fingerprint density at radius 3 is 2.89 bits per heavy atom. The summed E-state index contributed by atoms with van der Waals surface area (Å²) in [4.78, 5) is 4.69. The number of hydrogen-bond donors (Lipinski definition) is 1. The molecule has 0 saturated carbocycles. The van der Waals surface area contributed by atoms with Crippen LogP contribution in [0.25, 0.3) is 11.3 Å². The van der Waals surface area contributed by atoms with Crippen LogP contribution in [0.2, 0.25) is 0 Å². The van der Waals surface area contributed by atoms with Gasteiger partial charge in [0.15, 0.2) is 0 Å².